The summed E-state index contributed by atoms with van der Waals surface area (Å²) < 4.78 is 11.8. The van der Waals surface area contributed by atoms with E-state index in [9.17, 15) is 0 Å². The lowest BCUT2D eigenvalue weighted by atomic mass is 9.73. The zero-order valence-corrected chi connectivity index (χ0v) is 17.6. The van der Waals surface area contributed by atoms with E-state index in [4.69, 9.17) is 9.47 Å². The molecule has 26 heavy (non-hydrogen) atoms. The van der Waals surface area contributed by atoms with Gasteiger partial charge in [0.25, 0.3) is 0 Å². The zero-order chi connectivity index (χ0) is 19.3. The van der Waals surface area contributed by atoms with Gasteiger partial charge in [0.05, 0.1) is 14.2 Å². The van der Waals surface area contributed by atoms with E-state index in [0.29, 0.717) is 5.92 Å². The molecule has 0 bridgehead atoms. The average molecular weight is 357 g/mol. The fourth-order valence-corrected chi connectivity index (χ4v) is 4.28. The van der Waals surface area contributed by atoms with Gasteiger partial charge < -0.3 is 9.47 Å². The van der Waals surface area contributed by atoms with Crippen LogP contribution in [-0.2, 0) is 6.42 Å². The molecular weight excluding hydrogens is 320 g/mol. The zero-order valence-electron chi connectivity index (χ0n) is 17.6. The first kappa shape index (κ1) is 20.6. The van der Waals surface area contributed by atoms with Crippen LogP contribution in [0.15, 0.2) is 29.9 Å². The van der Waals surface area contributed by atoms with Crippen molar-refractivity contribution in [2.45, 2.75) is 72.1 Å². The second-order valence-corrected chi connectivity index (χ2v) is 7.80. The van der Waals surface area contributed by atoms with E-state index >= 15 is 0 Å². The Kier molecular flexibility index (Phi) is 7.37. The highest BCUT2D eigenvalue weighted by molar-refractivity contribution is 5.57. The van der Waals surface area contributed by atoms with Gasteiger partial charge in [-0.3, -0.25) is 0 Å². The van der Waals surface area contributed by atoms with Crippen LogP contribution >= 0.6 is 0 Å². The Morgan fingerprint density at radius 3 is 2.50 bits per heavy atom. The molecule has 0 saturated carbocycles. The molecule has 144 valence electrons. The van der Waals surface area contributed by atoms with Gasteiger partial charge in [-0.05, 0) is 69.6 Å². The molecule has 0 radical (unpaired) electrons. The van der Waals surface area contributed by atoms with Crippen LogP contribution in [0.25, 0.3) is 0 Å². The van der Waals surface area contributed by atoms with Crippen molar-refractivity contribution in [1.29, 1.82) is 0 Å². The highest BCUT2D eigenvalue weighted by Crippen LogP contribution is 2.48. The van der Waals surface area contributed by atoms with Gasteiger partial charge >= 0.3 is 0 Å². The van der Waals surface area contributed by atoms with Gasteiger partial charge in [-0.1, -0.05) is 43.6 Å². The van der Waals surface area contributed by atoms with Crippen molar-refractivity contribution in [3.8, 4) is 11.5 Å². The summed E-state index contributed by atoms with van der Waals surface area (Å²) in [6.07, 6.45) is 9.47. The maximum Gasteiger partial charge on any atom is 0.129 e. The maximum absolute atomic E-state index is 5.94. The molecule has 0 aromatic heterocycles. The van der Waals surface area contributed by atoms with Gasteiger partial charge in [-0.15, -0.1) is 0 Å². The third-order valence-electron chi connectivity index (χ3n) is 5.82. The van der Waals surface area contributed by atoms with Crippen molar-refractivity contribution in [3.05, 3.63) is 46.6 Å². The lowest BCUT2D eigenvalue weighted by molar-refractivity contribution is 0.366. The Labute approximate surface area is 160 Å². The average Bonchev–Trinajstić information content (AvgIpc) is 2.62. The Morgan fingerprint density at radius 2 is 1.92 bits per heavy atom. The van der Waals surface area contributed by atoms with Gasteiger partial charge in [0.2, 0.25) is 0 Å². The molecule has 0 saturated heterocycles. The first-order chi connectivity index (χ1) is 12.4. The Bertz CT molecular complexity index is 669. The number of hydrogen-bond acceptors (Lipinski definition) is 2. The van der Waals surface area contributed by atoms with Crippen molar-refractivity contribution >= 4 is 0 Å². The SMILES string of the molecule is C=C(C)[C@@H]1CCC(C)=C[C@H]1c1c(OC)cc(CCCCC)c(C)c1OC. The van der Waals surface area contributed by atoms with Crippen molar-refractivity contribution in [3.63, 3.8) is 0 Å². The summed E-state index contributed by atoms with van der Waals surface area (Å²) in [5.41, 5.74) is 6.49. The fourth-order valence-electron chi connectivity index (χ4n) is 4.28. The number of allylic oxidation sites excluding steroid dienone is 3. The van der Waals surface area contributed by atoms with Crippen molar-refractivity contribution in [1.82, 2.24) is 0 Å². The van der Waals surface area contributed by atoms with Crippen LogP contribution < -0.4 is 9.47 Å². The third kappa shape index (κ3) is 4.34. The Balaban J connectivity index is 2.57. The highest BCUT2D eigenvalue weighted by Gasteiger charge is 2.31. The van der Waals surface area contributed by atoms with Gasteiger partial charge in [0, 0.05) is 11.5 Å². The van der Waals surface area contributed by atoms with E-state index in [1.54, 1.807) is 14.2 Å². The number of hydrogen-bond donors (Lipinski definition) is 0. The molecule has 1 aliphatic rings. The molecule has 0 N–H and O–H groups in total. The Hall–Kier alpha value is -1.70. The summed E-state index contributed by atoms with van der Waals surface area (Å²) in [6, 6.07) is 2.25. The van der Waals surface area contributed by atoms with E-state index in [1.165, 1.54) is 47.1 Å². The Morgan fingerprint density at radius 1 is 1.19 bits per heavy atom. The quantitative estimate of drug-likeness (QED) is 0.378. The molecule has 0 aliphatic heterocycles. The third-order valence-corrected chi connectivity index (χ3v) is 5.82. The molecular formula is C24H36O2. The molecule has 0 spiro atoms. The number of rotatable bonds is 8. The van der Waals surface area contributed by atoms with E-state index in [0.717, 1.165) is 30.8 Å². The molecule has 0 amide bonds. The normalized spacial score (nSPS) is 19.8. The first-order valence-corrected chi connectivity index (χ1v) is 10.0. The predicted molar refractivity (Wildman–Crippen MR) is 112 cm³/mol. The predicted octanol–water partition coefficient (Wildman–Crippen LogP) is 6.76. The van der Waals surface area contributed by atoms with Crippen molar-refractivity contribution < 1.29 is 9.47 Å². The number of unbranched alkanes of at least 4 members (excludes halogenated alkanes) is 2. The minimum Gasteiger partial charge on any atom is -0.496 e. The monoisotopic (exact) mass is 356 g/mol. The van der Waals surface area contributed by atoms with Crippen LogP contribution in [0.2, 0.25) is 0 Å². The van der Waals surface area contributed by atoms with Crippen LogP contribution in [0, 0.1) is 12.8 Å². The smallest absolute Gasteiger partial charge is 0.129 e. The lowest BCUT2D eigenvalue weighted by Crippen LogP contribution is -2.19. The largest absolute Gasteiger partial charge is 0.496 e. The standard InChI is InChI=1S/C24H36O2/c1-8-9-10-11-19-15-22(25-6)23(24(26-7)18(19)5)21-14-17(4)12-13-20(21)16(2)3/h14-15,20-21H,2,8-13H2,1,3-7H3/t20-,21+/m0/s1. The molecule has 1 aliphatic carbocycles. The molecule has 0 heterocycles. The van der Waals surface area contributed by atoms with Crippen LogP contribution in [0.4, 0.5) is 0 Å². The summed E-state index contributed by atoms with van der Waals surface area (Å²) in [6.45, 7) is 13.1. The lowest BCUT2D eigenvalue weighted by Gasteiger charge is -2.33. The topological polar surface area (TPSA) is 18.5 Å². The van der Waals surface area contributed by atoms with Gasteiger partial charge in [0.15, 0.2) is 0 Å². The summed E-state index contributed by atoms with van der Waals surface area (Å²) in [7, 11) is 3.56. The highest BCUT2D eigenvalue weighted by atomic mass is 16.5. The molecule has 0 unspecified atom stereocenters. The second-order valence-electron chi connectivity index (χ2n) is 7.80. The molecule has 2 heteroatoms. The molecule has 1 aromatic carbocycles. The van der Waals surface area contributed by atoms with Gasteiger partial charge in [-0.25, -0.2) is 0 Å². The van der Waals surface area contributed by atoms with E-state index in [-0.39, 0.29) is 5.92 Å². The van der Waals surface area contributed by atoms with Crippen LogP contribution in [0.5, 0.6) is 11.5 Å². The molecule has 2 atom stereocenters. The minimum absolute atomic E-state index is 0.273. The van der Waals surface area contributed by atoms with E-state index in [1.807, 2.05) is 0 Å². The van der Waals surface area contributed by atoms with Gasteiger partial charge in [-0.2, -0.15) is 0 Å². The van der Waals surface area contributed by atoms with Crippen LogP contribution in [0.3, 0.4) is 0 Å². The summed E-state index contributed by atoms with van der Waals surface area (Å²) in [5, 5.41) is 0. The van der Waals surface area contributed by atoms with E-state index < -0.39 is 0 Å². The maximum atomic E-state index is 5.94. The van der Waals surface area contributed by atoms with Crippen molar-refractivity contribution in [2.75, 3.05) is 14.2 Å². The first-order valence-electron chi connectivity index (χ1n) is 10.0. The molecule has 2 nitrogen and oxygen atoms in total. The molecule has 2 rings (SSSR count). The number of ether oxygens (including phenoxy) is 2. The summed E-state index contributed by atoms with van der Waals surface area (Å²) >= 11 is 0. The number of aryl methyl sites for hydroxylation is 1. The number of benzene rings is 1. The van der Waals surface area contributed by atoms with Crippen LogP contribution in [-0.4, -0.2) is 14.2 Å². The van der Waals surface area contributed by atoms with Gasteiger partial charge in [0.1, 0.15) is 11.5 Å². The molecule has 0 fully saturated rings. The minimum atomic E-state index is 0.273. The second kappa shape index (κ2) is 9.30. The fraction of sp³-hybridized carbons (Fsp3) is 0.583. The molecule has 1 aromatic rings. The summed E-state index contributed by atoms with van der Waals surface area (Å²) in [4.78, 5) is 0. The summed E-state index contributed by atoms with van der Waals surface area (Å²) in [5.74, 6) is 2.67. The van der Waals surface area contributed by atoms with Crippen molar-refractivity contribution in [2.24, 2.45) is 5.92 Å². The number of methoxy groups -OCH3 is 2. The van der Waals surface area contributed by atoms with Crippen LogP contribution in [0.1, 0.15) is 75.5 Å². The van der Waals surface area contributed by atoms with E-state index in [2.05, 4.69) is 46.4 Å².